The van der Waals surface area contributed by atoms with Gasteiger partial charge in [0.05, 0.1) is 10.9 Å². The SMILES string of the molecule is O=C(COc1ccc2nc3n(c(=O)c2c1)CCCCC3)Nc1ccccc1. The molecule has 6 nitrogen and oxygen atoms in total. The van der Waals surface area contributed by atoms with Crippen molar-refractivity contribution in [1.82, 2.24) is 9.55 Å². The quantitative estimate of drug-likeness (QED) is 0.773. The average molecular weight is 363 g/mol. The standard InChI is InChI=1S/C21H21N3O3/c25-20(22-15-7-3-1-4-8-15)14-27-16-10-11-18-17(13-16)21(26)24-12-6-2-5-9-19(24)23-18/h1,3-4,7-8,10-11,13H,2,5-6,9,12,14H2,(H,22,25). The molecule has 6 heteroatoms. The molecule has 1 N–H and O–H groups in total. The van der Waals surface area contributed by atoms with Crippen LogP contribution in [0.25, 0.3) is 10.9 Å². The Morgan fingerprint density at radius 2 is 1.96 bits per heavy atom. The molecule has 2 heterocycles. The van der Waals surface area contributed by atoms with E-state index >= 15 is 0 Å². The minimum atomic E-state index is -0.252. The Hall–Kier alpha value is -3.15. The second-order valence-corrected chi connectivity index (χ2v) is 6.68. The Balaban J connectivity index is 1.52. The normalized spacial score (nSPS) is 13.6. The molecule has 27 heavy (non-hydrogen) atoms. The molecule has 1 amide bonds. The van der Waals surface area contributed by atoms with Crippen molar-refractivity contribution in [3.05, 3.63) is 64.7 Å². The summed E-state index contributed by atoms with van der Waals surface area (Å²) in [5.41, 5.74) is 1.36. The molecule has 138 valence electrons. The van der Waals surface area contributed by atoms with E-state index in [1.807, 2.05) is 30.3 Å². The molecule has 1 aromatic heterocycles. The van der Waals surface area contributed by atoms with Crippen LogP contribution in [0.5, 0.6) is 5.75 Å². The maximum atomic E-state index is 12.8. The zero-order valence-corrected chi connectivity index (χ0v) is 15.0. The number of fused-ring (bicyclic) bond motifs is 2. The highest BCUT2D eigenvalue weighted by Crippen LogP contribution is 2.19. The summed E-state index contributed by atoms with van der Waals surface area (Å²) in [6.07, 6.45) is 4.01. The van der Waals surface area contributed by atoms with Gasteiger partial charge in [-0.2, -0.15) is 0 Å². The van der Waals surface area contributed by atoms with Gasteiger partial charge < -0.3 is 10.1 Å². The molecular formula is C21H21N3O3. The van der Waals surface area contributed by atoms with Gasteiger partial charge in [0.1, 0.15) is 11.6 Å². The number of hydrogen-bond acceptors (Lipinski definition) is 4. The summed E-state index contributed by atoms with van der Waals surface area (Å²) in [6.45, 7) is 0.585. The Morgan fingerprint density at radius 3 is 2.81 bits per heavy atom. The Labute approximate surface area is 156 Å². The molecule has 0 unspecified atom stereocenters. The molecule has 1 aliphatic rings. The van der Waals surface area contributed by atoms with E-state index in [2.05, 4.69) is 10.3 Å². The van der Waals surface area contributed by atoms with E-state index in [-0.39, 0.29) is 18.1 Å². The molecule has 1 aliphatic heterocycles. The van der Waals surface area contributed by atoms with Gasteiger partial charge in [-0.1, -0.05) is 24.6 Å². The highest BCUT2D eigenvalue weighted by Gasteiger charge is 2.14. The zero-order chi connectivity index (χ0) is 18.6. The number of nitrogens with one attached hydrogen (secondary N) is 1. The monoisotopic (exact) mass is 363 g/mol. The first-order valence-corrected chi connectivity index (χ1v) is 9.22. The topological polar surface area (TPSA) is 73.2 Å². The van der Waals surface area contributed by atoms with Crippen LogP contribution in [0.15, 0.2) is 53.3 Å². The number of anilines is 1. The fraction of sp³-hybridized carbons (Fsp3) is 0.286. The largest absolute Gasteiger partial charge is 0.484 e. The van der Waals surface area contributed by atoms with Crippen molar-refractivity contribution in [3.63, 3.8) is 0 Å². The summed E-state index contributed by atoms with van der Waals surface area (Å²) in [6, 6.07) is 14.4. The van der Waals surface area contributed by atoms with Gasteiger partial charge in [0, 0.05) is 18.7 Å². The van der Waals surface area contributed by atoms with E-state index in [0.717, 1.165) is 37.2 Å². The number of benzene rings is 2. The van der Waals surface area contributed by atoms with Crippen LogP contribution < -0.4 is 15.6 Å². The van der Waals surface area contributed by atoms with E-state index in [1.54, 1.807) is 22.8 Å². The fourth-order valence-corrected chi connectivity index (χ4v) is 3.35. The third-order valence-electron chi connectivity index (χ3n) is 4.71. The van der Waals surface area contributed by atoms with Crippen molar-refractivity contribution < 1.29 is 9.53 Å². The van der Waals surface area contributed by atoms with E-state index in [9.17, 15) is 9.59 Å². The molecule has 0 saturated carbocycles. The second-order valence-electron chi connectivity index (χ2n) is 6.68. The van der Waals surface area contributed by atoms with E-state index in [1.165, 1.54) is 0 Å². The predicted molar refractivity (Wildman–Crippen MR) is 104 cm³/mol. The van der Waals surface area contributed by atoms with Crippen molar-refractivity contribution in [2.24, 2.45) is 0 Å². The number of nitrogens with zero attached hydrogens (tertiary/aromatic N) is 2. The van der Waals surface area contributed by atoms with Gasteiger partial charge >= 0.3 is 0 Å². The first-order chi connectivity index (χ1) is 13.2. The van der Waals surface area contributed by atoms with Crippen LogP contribution in [0, 0.1) is 0 Å². The van der Waals surface area contributed by atoms with Gasteiger partial charge in [-0.25, -0.2) is 4.98 Å². The lowest BCUT2D eigenvalue weighted by molar-refractivity contribution is -0.118. The van der Waals surface area contributed by atoms with Crippen molar-refractivity contribution in [2.45, 2.75) is 32.2 Å². The minimum absolute atomic E-state index is 0.0314. The van der Waals surface area contributed by atoms with Gasteiger partial charge in [0.25, 0.3) is 11.5 Å². The predicted octanol–water partition coefficient (Wildman–Crippen LogP) is 3.14. The second kappa shape index (κ2) is 7.61. The van der Waals surface area contributed by atoms with E-state index in [0.29, 0.717) is 23.2 Å². The molecule has 2 aromatic carbocycles. The number of aromatic nitrogens is 2. The van der Waals surface area contributed by atoms with Gasteiger partial charge in [-0.05, 0) is 43.2 Å². The van der Waals surface area contributed by atoms with Gasteiger partial charge in [0.2, 0.25) is 0 Å². The van der Waals surface area contributed by atoms with Crippen LogP contribution in [0.1, 0.15) is 25.1 Å². The number of carbonyl (C=O) groups excluding carboxylic acids is 1. The number of hydrogen-bond donors (Lipinski definition) is 1. The van der Waals surface area contributed by atoms with Gasteiger partial charge in [0.15, 0.2) is 6.61 Å². The van der Waals surface area contributed by atoms with E-state index < -0.39 is 0 Å². The summed E-state index contributed by atoms with van der Waals surface area (Å²) < 4.78 is 7.36. The molecular weight excluding hydrogens is 342 g/mol. The highest BCUT2D eigenvalue weighted by atomic mass is 16.5. The van der Waals surface area contributed by atoms with Crippen LogP contribution in [0.4, 0.5) is 5.69 Å². The van der Waals surface area contributed by atoms with Crippen LogP contribution >= 0.6 is 0 Å². The summed E-state index contributed by atoms with van der Waals surface area (Å²) in [5.74, 6) is 1.10. The molecule has 0 aliphatic carbocycles. The number of ether oxygens (including phenoxy) is 1. The summed E-state index contributed by atoms with van der Waals surface area (Å²) in [7, 11) is 0. The van der Waals surface area contributed by atoms with Crippen LogP contribution in [0.2, 0.25) is 0 Å². The molecule has 0 bridgehead atoms. The third-order valence-corrected chi connectivity index (χ3v) is 4.71. The van der Waals surface area contributed by atoms with Gasteiger partial charge in [-0.15, -0.1) is 0 Å². The lowest BCUT2D eigenvalue weighted by atomic mass is 10.2. The molecule has 0 fully saturated rings. The average Bonchev–Trinajstić information content (AvgIpc) is 2.93. The Morgan fingerprint density at radius 1 is 1.11 bits per heavy atom. The summed E-state index contributed by atoms with van der Waals surface area (Å²) in [4.78, 5) is 29.5. The zero-order valence-electron chi connectivity index (χ0n) is 15.0. The lowest BCUT2D eigenvalue weighted by Gasteiger charge is -2.11. The van der Waals surface area contributed by atoms with Crippen molar-refractivity contribution in [1.29, 1.82) is 0 Å². The third kappa shape index (κ3) is 3.84. The van der Waals surface area contributed by atoms with Gasteiger partial charge in [-0.3, -0.25) is 14.2 Å². The molecule has 4 rings (SSSR count). The molecule has 0 saturated heterocycles. The van der Waals surface area contributed by atoms with Crippen molar-refractivity contribution >= 4 is 22.5 Å². The summed E-state index contributed by atoms with van der Waals surface area (Å²) >= 11 is 0. The lowest BCUT2D eigenvalue weighted by Crippen LogP contribution is -2.24. The number of carbonyl (C=O) groups is 1. The van der Waals surface area contributed by atoms with Crippen LogP contribution in [-0.4, -0.2) is 22.1 Å². The maximum absolute atomic E-state index is 12.8. The maximum Gasteiger partial charge on any atom is 0.262 e. The van der Waals surface area contributed by atoms with Crippen LogP contribution in [-0.2, 0) is 17.8 Å². The van der Waals surface area contributed by atoms with E-state index in [4.69, 9.17) is 4.74 Å². The summed E-state index contributed by atoms with van der Waals surface area (Å²) in [5, 5.41) is 3.30. The number of aryl methyl sites for hydroxylation is 1. The molecule has 0 spiro atoms. The molecule has 3 aromatic rings. The highest BCUT2D eigenvalue weighted by molar-refractivity contribution is 5.91. The minimum Gasteiger partial charge on any atom is -0.484 e. The number of rotatable bonds is 4. The molecule has 0 atom stereocenters. The van der Waals surface area contributed by atoms with Crippen LogP contribution in [0.3, 0.4) is 0 Å². The van der Waals surface area contributed by atoms with Crippen molar-refractivity contribution in [2.75, 3.05) is 11.9 Å². The number of amides is 1. The Bertz CT molecular complexity index is 1030. The van der Waals surface area contributed by atoms with Crippen molar-refractivity contribution in [3.8, 4) is 5.75 Å². The first kappa shape index (κ1) is 17.3. The Kier molecular flexibility index (Phi) is 4.87. The molecule has 0 radical (unpaired) electrons. The number of para-hydroxylation sites is 1. The first-order valence-electron chi connectivity index (χ1n) is 9.22. The smallest absolute Gasteiger partial charge is 0.262 e. The fourth-order valence-electron chi connectivity index (χ4n) is 3.35.